The van der Waals surface area contributed by atoms with Gasteiger partial charge in [0.05, 0.1) is 0 Å². The minimum Gasteiger partial charge on any atom is -0.489 e. The maximum Gasteiger partial charge on any atom is 0.120 e. The van der Waals surface area contributed by atoms with Crippen molar-refractivity contribution in [3.05, 3.63) is 63.6 Å². The third-order valence-electron chi connectivity index (χ3n) is 5.53. The van der Waals surface area contributed by atoms with Crippen molar-refractivity contribution in [2.24, 2.45) is 5.92 Å². The first-order chi connectivity index (χ1) is 12.7. The molecule has 3 nitrogen and oxygen atoms in total. The summed E-state index contributed by atoms with van der Waals surface area (Å²) in [5.41, 5.74) is 2.19. The monoisotopic (exact) mass is 390 g/mol. The Kier molecular flexibility index (Phi) is 5.70. The average Bonchev–Trinajstić information content (AvgIpc) is 2.67. The molecule has 26 heavy (non-hydrogen) atoms. The van der Waals surface area contributed by atoms with E-state index in [1.807, 2.05) is 24.3 Å². The van der Waals surface area contributed by atoms with Crippen molar-refractivity contribution in [2.75, 3.05) is 19.6 Å². The summed E-state index contributed by atoms with van der Waals surface area (Å²) in [6.07, 6.45) is 2.67. The van der Waals surface area contributed by atoms with Gasteiger partial charge >= 0.3 is 0 Å². The van der Waals surface area contributed by atoms with Crippen LogP contribution in [0.5, 0.6) is 5.75 Å². The summed E-state index contributed by atoms with van der Waals surface area (Å²) in [6, 6.07) is 14.4. The van der Waals surface area contributed by atoms with E-state index in [9.17, 15) is 0 Å². The number of piperidine rings is 3. The second kappa shape index (κ2) is 8.18. The molecule has 2 bridgehead atoms. The summed E-state index contributed by atoms with van der Waals surface area (Å²) in [5, 5.41) is 5.03. The largest absolute Gasteiger partial charge is 0.489 e. The van der Waals surface area contributed by atoms with Crippen LogP contribution >= 0.6 is 23.2 Å². The number of hydrogen-bond donors (Lipinski definition) is 1. The molecule has 1 N–H and O–H groups in total. The molecule has 0 amide bonds. The first kappa shape index (κ1) is 18.1. The van der Waals surface area contributed by atoms with Gasteiger partial charge in [0.2, 0.25) is 0 Å². The lowest BCUT2D eigenvalue weighted by Crippen LogP contribution is -2.55. The highest BCUT2D eigenvalue weighted by atomic mass is 35.5. The Balaban J connectivity index is 1.33. The van der Waals surface area contributed by atoms with Crippen LogP contribution in [0.3, 0.4) is 0 Å². The van der Waals surface area contributed by atoms with E-state index in [1.54, 1.807) is 6.07 Å². The Morgan fingerprint density at radius 1 is 1.08 bits per heavy atom. The van der Waals surface area contributed by atoms with Gasteiger partial charge < -0.3 is 15.0 Å². The van der Waals surface area contributed by atoms with Crippen molar-refractivity contribution < 1.29 is 4.74 Å². The third kappa shape index (κ3) is 4.34. The fourth-order valence-electron chi connectivity index (χ4n) is 3.99. The van der Waals surface area contributed by atoms with Crippen molar-refractivity contribution in [3.8, 4) is 5.75 Å². The lowest BCUT2D eigenvalue weighted by atomic mass is 9.84. The minimum absolute atomic E-state index is 0.437. The molecule has 5 heteroatoms. The Morgan fingerprint density at radius 3 is 2.65 bits per heavy atom. The summed E-state index contributed by atoms with van der Waals surface area (Å²) < 4.78 is 5.93. The second-order valence-electron chi connectivity index (χ2n) is 7.30. The standard InChI is InChI=1S/C21H24Cl2N2O/c22-18-5-4-17(20(23)11-18)14-26-19-3-1-2-15(10-19)12-24-21-13-25-8-6-16(21)7-9-25/h1-5,10-11,16,21,24H,6-9,12-14H2. The van der Waals surface area contributed by atoms with Crippen molar-refractivity contribution >= 4 is 23.2 Å². The number of nitrogens with zero attached hydrogens (tertiary/aromatic N) is 1. The van der Waals surface area contributed by atoms with Crippen LogP contribution in [0.1, 0.15) is 24.0 Å². The van der Waals surface area contributed by atoms with Gasteiger partial charge in [-0.3, -0.25) is 0 Å². The van der Waals surface area contributed by atoms with Crippen LogP contribution in [0.2, 0.25) is 10.0 Å². The van der Waals surface area contributed by atoms with Crippen molar-refractivity contribution in [1.82, 2.24) is 10.2 Å². The minimum atomic E-state index is 0.437. The Labute approximate surface area is 165 Å². The molecule has 0 aliphatic carbocycles. The molecule has 3 fully saturated rings. The van der Waals surface area contributed by atoms with E-state index < -0.39 is 0 Å². The zero-order valence-electron chi connectivity index (χ0n) is 14.8. The lowest BCUT2D eigenvalue weighted by molar-refractivity contribution is 0.0720. The predicted molar refractivity (Wildman–Crippen MR) is 107 cm³/mol. The van der Waals surface area contributed by atoms with E-state index >= 15 is 0 Å². The normalized spacial score (nSPS) is 24.6. The molecule has 0 spiro atoms. The molecule has 2 aromatic carbocycles. The van der Waals surface area contributed by atoms with Crippen LogP contribution in [0.4, 0.5) is 0 Å². The molecule has 0 saturated carbocycles. The molecular weight excluding hydrogens is 367 g/mol. The van der Waals surface area contributed by atoms with E-state index in [0.717, 1.165) is 23.8 Å². The Hall–Kier alpha value is -1.26. The molecule has 2 aromatic rings. The van der Waals surface area contributed by atoms with E-state index in [1.165, 1.54) is 38.0 Å². The van der Waals surface area contributed by atoms with Crippen LogP contribution in [-0.4, -0.2) is 30.6 Å². The molecule has 0 aromatic heterocycles. The molecule has 0 radical (unpaired) electrons. The number of nitrogens with one attached hydrogen (secondary N) is 1. The van der Waals surface area contributed by atoms with Gasteiger partial charge in [-0.15, -0.1) is 0 Å². The molecule has 5 rings (SSSR count). The number of fused-ring (bicyclic) bond motifs is 3. The first-order valence-electron chi connectivity index (χ1n) is 9.29. The first-order valence-corrected chi connectivity index (χ1v) is 10.0. The Morgan fingerprint density at radius 2 is 1.92 bits per heavy atom. The van der Waals surface area contributed by atoms with Crippen LogP contribution in [0.25, 0.3) is 0 Å². The summed E-state index contributed by atoms with van der Waals surface area (Å²) in [5.74, 6) is 1.70. The van der Waals surface area contributed by atoms with Crippen molar-refractivity contribution in [3.63, 3.8) is 0 Å². The SMILES string of the molecule is Clc1ccc(COc2cccc(CNC3CN4CCC3CC4)c2)c(Cl)c1. The predicted octanol–water partition coefficient (Wildman–Crippen LogP) is 4.76. The fraction of sp³-hybridized carbons (Fsp3) is 0.429. The molecule has 3 aliphatic rings. The van der Waals surface area contributed by atoms with Gasteiger partial charge in [0, 0.05) is 34.7 Å². The van der Waals surface area contributed by atoms with Crippen molar-refractivity contribution in [1.29, 1.82) is 0 Å². The molecule has 1 unspecified atom stereocenters. The topological polar surface area (TPSA) is 24.5 Å². The fourth-order valence-corrected chi connectivity index (χ4v) is 4.45. The summed E-state index contributed by atoms with van der Waals surface area (Å²) in [7, 11) is 0. The van der Waals surface area contributed by atoms with Gasteiger partial charge in [-0.05, 0) is 61.7 Å². The van der Waals surface area contributed by atoms with Crippen LogP contribution < -0.4 is 10.1 Å². The average molecular weight is 391 g/mol. The molecular formula is C21H24Cl2N2O. The van der Waals surface area contributed by atoms with Gasteiger partial charge in [-0.25, -0.2) is 0 Å². The number of rotatable bonds is 6. The quantitative estimate of drug-likeness (QED) is 0.769. The highest BCUT2D eigenvalue weighted by Crippen LogP contribution is 2.28. The number of hydrogen-bond acceptors (Lipinski definition) is 3. The van der Waals surface area contributed by atoms with Crippen LogP contribution in [-0.2, 0) is 13.2 Å². The third-order valence-corrected chi connectivity index (χ3v) is 6.12. The van der Waals surface area contributed by atoms with Crippen molar-refractivity contribution in [2.45, 2.75) is 32.0 Å². The maximum atomic E-state index is 6.22. The van der Waals surface area contributed by atoms with Gasteiger partial charge in [0.25, 0.3) is 0 Å². The highest BCUT2D eigenvalue weighted by Gasteiger charge is 2.33. The smallest absolute Gasteiger partial charge is 0.120 e. The molecule has 3 aliphatic heterocycles. The maximum absolute atomic E-state index is 6.22. The molecule has 3 heterocycles. The Bertz CT molecular complexity index is 759. The summed E-state index contributed by atoms with van der Waals surface area (Å²) in [6.45, 7) is 5.06. The van der Waals surface area contributed by atoms with Crippen LogP contribution in [0.15, 0.2) is 42.5 Å². The zero-order valence-corrected chi connectivity index (χ0v) is 16.3. The lowest BCUT2D eigenvalue weighted by Gasteiger charge is -2.45. The highest BCUT2D eigenvalue weighted by molar-refractivity contribution is 6.35. The number of ether oxygens (including phenoxy) is 1. The van der Waals surface area contributed by atoms with Gasteiger partial charge in [-0.1, -0.05) is 41.4 Å². The van der Waals surface area contributed by atoms with Gasteiger partial charge in [-0.2, -0.15) is 0 Å². The van der Waals surface area contributed by atoms with Crippen LogP contribution in [0, 0.1) is 5.92 Å². The second-order valence-corrected chi connectivity index (χ2v) is 8.14. The van der Waals surface area contributed by atoms with Gasteiger partial charge in [0.15, 0.2) is 0 Å². The molecule has 138 valence electrons. The van der Waals surface area contributed by atoms with E-state index in [0.29, 0.717) is 22.7 Å². The summed E-state index contributed by atoms with van der Waals surface area (Å²) in [4.78, 5) is 2.58. The summed E-state index contributed by atoms with van der Waals surface area (Å²) >= 11 is 12.2. The molecule has 1 atom stereocenters. The number of halogens is 2. The number of benzene rings is 2. The van der Waals surface area contributed by atoms with E-state index in [-0.39, 0.29) is 0 Å². The molecule has 3 saturated heterocycles. The van der Waals surface area contributed by atoms with E-state index in [4.69, 9.17) is 27.9 Å². The van der Waals surface area contributed by atoms with E-state index in [2.05, 4.69) is 22.3 Å². The van der Waals surface area contributed by atoms with Gasteiger partial charge in [0.1, 0.15) is 12.4 Å². The zero-order chi connectivity index (χ0) is 17.9.